The average Bonchev–Trinajstić information content (AvgIpc) is 2.03. The highest BCUT2D eigenvalue weighted by Crippen LogP contribution is 2.47. The maximum Gasteiger partial charge on any atom is 0.401 e. The summed E-state index contributed by atoms with van der Waals surface area (Å²) < 4.78 is 74.7. The molecule has 0 heterocycles. The Labute approximate surface area is 92.9 Å². The molecule has 0 radical (unpaired) electrons. The summed E-state index contributed by atoms with van der Waals surface area (Å²) in [5.41, 5.74) is 8.34. The Morgan fingerprint density at radius 3 is 1.76 bits per heavy atom. The SMILES string of the molecule is NC1(N)C=CC=CC1C(C(F)(F)F)C(F)(F)F. The molecule has 0 saturated carbocycles. The Morgan fingerprint density at radius 2 is 1.41 bits per heavy atom. The van der Waals surface area contributed by atoms with Crippen LogP contribution < -0.4 is 11.5 Å². The monoisotopic (exact) mass is 260 g/mol. The van der Waals surface area contributed by atoms with Crippen molar-refractivity contribution in [2.24, 2.45) is 23.3 Å². The Balaban J connectivity index is 3.17. The molecule has 0 aromatic carbocycles. The van der Waals surface area contributed by atoms with E-state index in [0.29, 0.717) is 0 Å². The largest absolute Gasteiger partial charge is 0.401 e. The minimum Gasteiger partial charge on any atom is -0.310 e. The molecule has 1 atom stereocenters. The van der Waals surface area contributed by atoms with E-state index in [1.165, 1.54) is 6.08 Å². The summed E-state index contributed by atoms with van der Waals surface area (Å²) in [7, 11) is 0. The molecule has 0 aliphatic heterocycles. The second-order valence-corrected chi connectivity index (χ2v) is 3.83. The lowest BCUT2D eigenvalue weighted by molar-refractivity contribution is -0.298. The normalized spacial score (nSPS) is 24.4. The van der Waals surface area contributed by atoms with Gasteiger partial charge in [0, 0.05) is 5.92 Å². The molecule has 0 spiro atoms. The smallest absolute Gasteiger partial charge is 0.310 e. The van der Waals surface area contributed by atoms with E-state index in [0.717, 1.165) is 18.2 Å². The van der Waals surface area contributed by atoms with Crippen LogP contribution >= 0.6 is 0 Å². The van der Waals surface area contributed by atoms with Gasteiger partial charge < -0.3 is 11.5 Å². The minimum absolute atomic E-state index is 0.728. The van der Waals surface area contributed by atoms with E-state index in [1.54, 1.807) is 0 Å². The molecule has 8 heteroatoms. The second kappa shape index (κ2) is 4.02. The highest BCUT2D eigenvalue weighted by atomic mass is 19.4. The van der Waals surface area contributed by atoms with Gasteiger partial charge in [0.1, 0.15) is 0 Å². The van der Waals surface area contributed by atoms with E-state index < -0.39 is 29.9 Å². The van der Waals surface area contributed by atoms with Crippen molar-refractivity contribution in [1.29, 1.82) is 0 Å². The summed E-state index contributed by atoms with van der Waals surface area (Å²) >= 11 is 0. The second-order valence-electron chi connectivity index (χ2n) is 3.83. The molecule has 17 heavy (non-hydrogen) atoms. The zero-order valence-electron chi connectivity index (χ0n) is 8.39. The zero-order valence-corrected chi connectivity index (χ0v) is 8.39. The van der Waals surface area contributed by atoms with Gasteiger partial charge in [-0.3, -0.25) is 0 Å². The number of allylic oxidation sites excluding steroid dienone is 2. The molecule has 1 aliphatic carbocycles. The lowest BCUT2D eigenvalue weighted by Crippen LogP contribution is -2.60. The molecule has 0 saturated heterocycles. The van der Waals surface area contributed by atoms with Crippen molar-refractivity contribution in [3.63, 3.8) is 0 Å². The van der Waals surface area contributed by atoms with Gasteiger partial charge in [-0.05, 0) is 6.08 Å². The number of hydrogen-bond acceptors (Lipinski definition) is 2. The van der Waals surface area contributed by atoms with E-state index >= 15 is 0 Å². The van der Waals surface area contributed by atoms with Crippen molar-refractivity contribution in [2.75, 3.05) is 0 Å². The van der Waals surface area contributed by atoms with Gasteiger partial charge in [-0.2, -0.15) is 26.3 Å². The summed E-state index contributed by atoms with van der Waals surface area (Å²) in [5, 5.41) is 0. The van der Waals surface area contributed by atoms with Crippen molar-refractivity contribution in [3.05, 3.63) is 24.3 Å². The molecular formula is C9H10F6N2. The molecule has 1 aliphatic rings. The summed E-state index contributed by atoms with van der Waals surface area (Å²) in [5.74, 6) is -5.65. The molecule has 0 bridgehead atoms. The van der Waals surface area contributed by atoms with Crippen molar-refractivity contribution >= 4 is 0 Å². The summed E-state index contributed by atoms with van der Waals surface area (Å²) in [6.45, 7) is 0. The molecule has 0 amide bonds. The van der Waals surface area contributed by atoms with Crippen LogP contribution in [0.3, 0.4) is 0 Å². The standard InChI is InChI=1S/C9H10F6N2/c10-8(11,12)6(9(13,14)15)5-3-1-2-4-7(5,16)17/h1-6H,16-17H2. The number of alkyl halides is 6. The quantitative estimate of drug-likeness (QED) is 0.560. The van der Waals surface area contributed by atoms with Crippen molar-refractivity contribution < 1.29 is 26.3 Å². The third-order valence-electron chi connectivity index (χ3n) is 2.46. The average molecular weight is 260 g/mol. The van der Waals surface area contributed by atoms with Gasteiger partial charge in [-0.25, -0.2) is 0 Å². The molecule has 2 nitrogen and oxygen atoms in total. The molecule has 1 unspecified atom stereocenters. The molecule has 98 valence electrons. The fourth-order valence-corrected chi connectivity index (χ4v) is 1.68. The minimum atomic E-state index is -5.46. The van der Waals surface area contributed by atoms with Gasteiger partial charge in [0.25, 0.3) is 0 Å². The first-order valence-corrected chi connectivity index (χ1v) is 4.53. The van der Waals surface area contributed by atoms with E-state index in [-0.39, 0.29) is 0 Å². The van der Waals surface area contributed by atoms with Gasteiger partial charge in [0.2, 0.25) is 0 Å². The lowest BCUT2D eigenvalue weighted by Gasteiger charge is -2.38. The summed E-state index contributed by atoms with van der Waals surface area (Å²) in [6.07, 6.45) is -6.99. The van der Waals surface area contributed by atoms with Gasteiger partial charge in [0.15, 0.2) is 5.92 Å². The van der Waals surface area contributed by atoms with E-state index in [1.807, 2.05) is 0 Å². The van der Waals surface area contributed by atoms with Crippen LogP contribution in [0.4, 0.5) is 26.3 Å². The first-order valence-electron chi connectivity index (χ1n) is 4.53. The Morgan fingerprint density at radius 1 is 0.941 bits per heavy atom. The number of halogens is 6. The van der Waals surface area contributed by atoms with Crippen LogP contribution in [-0.2, 0) is 0 Å². The topological polar surface area (TPSA) is 52.0 Å². The Kier molecular flexibility index (Phi) is 3.32. The van der Waals surface area contributed by atoms with Crippen molar-refractivity contribution in [3.8, 4) is 0 Å². The summed E-state index contributed by atoms with van der Waals surface area (Å²) in [4.78, 5) is 0. The Bertz CT molecular complexity index is 324. The van der Waals surface area contributed by atoms with E-state index in [2.05, 4.69) is 0 Å². The van der Waals surface area contributed by atoms with Gasteiger partial charge in [-0.15, -0.1) is 0 Å². The predicted octanol–water partition coefficient (Wildman–Crippen LogP) is 2.08. The van der Waals surface area contributed by atoms with Gasteiger partial charge in [0.05, 0.1) is 5.66 Å². The van der Waals surface area contributed by atoms with Crippen molar-refractivity contribution in [2.45, 2.75) is 18.0 Å². The van der Waals surface area contributed by atoms with Crippen LogP contribution in [0, 0.1) is 11.8 Å². The highest BCUT2D eigenvalue weighted by Gasteiger charge is 2.62. The highest BCUT2D eigenvalue weighted by molar-refractivity contribution is 5.23. The molecule has 4 N–H and O–H groups in total. The van der Waals surface area contributed by atoms with E-state index in [9.17, 15) is 26.3 Å². The van der Waals surface area contributed by atoms with Crippen molar-refractivity contribution in [1.82, 2.24) is 0 Å². The molecule has 0 aromatic rings. The molecule has 1 rings (SSSR count). The fraction of sp³-hybridized carbons (Fsp3) is 0.556. The van der Waals surface area contributed by atoms with Gasteiger partial charge >= 0.3 is 12.4 Å². The lowest BCUT2D eigenvalue weighted by atomic mass is 9.78. The van der Waals surface area contributed by atoms with Crippen LogP contribution in [0.15, 0.2) is 24.3 Å². The molecular weight excluding hydrogens is 250 g/mol. The first kappa shape index (κ1) is 14.0. The number of nitrogens with two attached hydrogens (primary N) is 2. The van der Waals surface area contributed by atoms with E-state index in [4.69, 9.17) is 11.5 Å². The number of hydrogen-bond donors (Lipinski definition) is 2. The van der Waals surface area contributed by atoms with Crippen LogP contribution in [0.2, 0.25) is 0 Å². The van der Waals surface area contributed by atoms with Gasteiger partial charge in [-0.1, -0.05) is 18.2 Å². The van der Waals surface area contributed by atoms with Crippen LogP contribution in [0.5, 0.6) is 0 Å². The number of rotatable bonds is 1. The third kappa shape index (κ3) is 3.01. The Hall–Kier alpha value is -1.02. The maximum atomic E-state index is 12.5. The third-order valence-corrected chi connectivity index (χ3v) is 2.46. The predicted molar refractivity (Wildman–Crippen MR) is 48.5 cm³/mol. The molecule has 0 fully saturated rings. The maximum absolute atomic E-state index is 12.5. The van der Waals surface area contributed by atoms with Crippen LogP contribution in [-0.4, -0.2) is 18.0 Å². The first-order chi connectivity index (χ1) is 7.46. The molecule has 0 aromatic heterocycles. The van der Waals surface area contributed by atoms with Crippen LogP contribution in [0.1, 0.15) is 0 Å². The fourth-order valence-electron chi connectivity index (χ4n) is 1.68. The summed E-state index contributed by atoms with van der Waals surface area (Å²) in [6, 6.07) is 0. The zero-order chi connectivity index (χ0) is 13.5. The van der Waals surface area contributed by atoms with Crippen LogP contribution in [0.25, 0.3) is 0 Å².